The van der Waals surface area contributed by atoms with Crippen molar-refractivity contribution in [3.05, 3.63) is 24.7 Å². The third kappa shape index (κ3) is 6.50. The fourth-order valence-electron chi connectivity index (χ4n) is 3.40. The molecule has 0 aromatic carbocycles. The predicted molar refractivity (Wildman–Crippen MR) is 105 cm³/mol. The Bertz CT molecular complexity index is 916. The normalized spacial score (nSPS) is 40.0. The molecule has 6 N–H and O–H groups in total. The molecule has 0 saturated carbocycles. The number of carbonyl (C=O) groups is 1. The Balaban J connectivity index is 1.57. The molecule has 0 aliphatic carbocycles. The van der Waals surface area contributed by atoms with Crippen molar-refractivity contribution in [2.45, 2.75) is 62.5 Å². The quantitative estimate of drug-likeness (QED) is 0.175. The highest BCUT2D eigenvalue weighted by Crippen LogP contribution is 2.59. The molecule has 10 unspecified atom stereocenters. The molecule has 194 valence electrons. The molecule has 0 bridgehead atoms. The summed E-state index contributed by atoms with van der Waals surface area (Å²) in [6.45, 7) is 4.14. The minimum absolute atomic E-state index is 0.00383. The number of ether oxygens (including phenoxy) is 2. The number of aliphatic hydroxyl groups excluding tert-OH is 4. The molecule has 18 heteroatoms. The molecule has 0 aromatic rings. The van der Waals surface area contributed by atoms with Crippen molar-refractivity contribution in [1.82, 2.24) is 10.2 Å². The van der Waals surface area contributed by atoms with E-state index >= 15 is 0 Å². The van der Waals surface area contributed by atoms with Crippen LogP contribution in [0.4, 0.5) is 0 Å². The van der Waals surface area contributed by atoms with E-state index < -0.39 is 77.3 Å². The first-order chi connectivity index (χ1) is 15.7. The molecule has 3 rings (SSSR count). The third-order valence-electron chi connectivity index (χ3n) is 5.03. The fourth-order valence-corrected chi connectivity index (χ4v) is 5.52. The Hall–Kier alpha value is -1.23. The number of nitrogens with zero attached hydrogens (tertiary/aromatic N) is 1. The Morgan fingerprint density at radius 2 is 1.91 bits per heavy atom. The molecule has 34 heavy (non-hydrogen) atoms. The van der Waals surface area contributed by atoms with Crippen LogP contribution in [-0.4, -0.2) is 91.9 Å². The monoisotopic (exact) mass is 531 g/mol. The van der Waals surface area contributed by atoms with Gasteiger partial charge in [-0.05, 0) is 6.92 Å². The summed E-state index contributed by atoms with van der Waals surface area (Å²) in [6, 6.07) is 0. The summed E-state index contributed by atoms with van der Waals surface area (Å²) < 4.78 is 47.7. The standard InChI is InChI=1S/C16H26N2O14P2/c1-7-5-9(19)12(21)16(29-7)31-34(26,27)32-33(24,25)28-6-10-13(22)14(23)15(30-10)18-4-3-11(20)17-8(18)2/h3-4,7,9-10,12-16,19,21-23H,2,5-6H2,1H3,(H,17,20)(H,24,25)(H,26,27)/p-1. The first kappa shape index (κ1) is 27.4. The molecule has 3 heterocycles. The molecule has 1 amide bonds. The highest BCUT2D eigenvalue weighted by Gasteiger charge is 2.47. The second-order valence-electron chi connectivity index (χ2n) is 7.71. The van der Waals surface area contributed by atoms with Gasteiger partial charge in [0.2, 0.25) is 0 Å². The molecular weight excluding hydrogens is 506 g/mol. The van der Waals surface area contributed by atoms with Gasteiger partial charge in [0.25, 0.3) is 13.7 Å². The van der Waals surface area contributed by atoms with Crippen molar-refractivity contribution in [3.63, 3.8) is 0 Å². The zero-order valence-corrected chi connectivity index (χ0v) is 19.4. The van der Waals surface area contributed by atoms with E-state index in [2.05, 4.69) is 25.3 Å². The van der Waals surface area contributed by atoms with Crippen molar-refractivity contribution in [2.24, 2.45) is 0 Å². The second kappa shape index (κ2) is 10.4. The van der Waals surface area contributed by atoms with Crippen molar-refractivity contribution in [1.29, 1.82) is 0 Å². The lowest BCUT2D eigenvalue weighted by Crippen LogP contribution is -2.48. The molecule has 0 spiro atoms. The van der Waals surface area contributed by atoms with Gasteiger partial charge >= 0.3 is 7.82 Å². The smallest absolute Gasteiger partial charge is 0.478 e. The molecular formula is C16H25N2O14P2-. The highest BCUT2D eigenvalue weighted by atomic mass is 31.3. The third-order valence-corrected chi connectivity index (χ3v) is 7.59. The van der Waals surface area contributed by atoms with Gasteiger partial charge < -0.3 is 49.9 Å². The lowest BCUT2D eigenvalue weighted by atomic mass is 10.0. The van der Waals surface area contributed by atoms with Gasteiger partial charge in [-0.15, -0.1) is 0 Å². The van der Waals surface area contributed by atoms with Gasteiger partial charge in [-0.25, -0.2) is 8.88 Å². The van der Waals surface area contributed by atoms with Crippen LogP contribution < -0.4 is 10.2 Å². The van der Waals surface area contributed by atoms with Crippen LogP contribution in [0.2, 0.25) is 0 Å². The number of nitrogens with one attached hydrogen (secondary N) is 1. The first-order valence-electron chi connectivity index (χ1n) is 9.87. The molecule has 2 fully saturated rings. The van der Waals surface area contributed by atoms with Crippen LogP contribution in [0, 0.1) is 0 Å². The zero-order chi connectivity index (χ0) is 25.4. The van der Waals surface area contributed by atoms with Crippen molar-refractivity contribution in [3.8, 4) is 0 Å². The van der Waals surface area contributed by atoms with E-state index in [1.165, 1.54) is 18.0 Å². The predicted octanol–water partition coefficient (Wildman–Crippen LogP) is -2.67. The van der Waals surface area contributed by atoms with Crippen molar-refractivity contribution >= 4 is 21.6 Å². The largest absolute Gasteiger partial charge is 0.756 e. The molecule has 0 radical (unpaired) electrons. The van der Waals surface area contributed by atoms with Crippen LogP contribution >= 0.6 is 15.6 Å². The van der Waals surface area contributed by atoms with Crippen LogP contribution in [0.25, 0.3) is 0 Å². The van der Waals surface area contributed by atoms with E-state index in [4.69, 9.17) is 9.47 Å². The maximum Gasteiger partial charge on any atom is 0.478 e. The number of rotatable bonds is 8. The number of aliphatic hydroxyl groups is 4. The fraction of sp³-hybridized carbons (Fsp3) is 0.688. The van der Waals surface area contributed by atoms with Gasteiger partial charge in [-0.3, -0.25) is 18.4 Å². The lowest BCUT2D eigenvalue weighted by molar-refractivity contribution is -0.276. The van der Waals surface area contributed by atoms with Gasteiger partial charge in [-0.1, -0.05) is 6.58 Å². The Morgan fingerprint density at radius 3 is 2.56 bits per heavy atom. The van der Waals surface area contributed by atoms with Crippen molar-refractivity contribution in [2.75, 3.05) is 6.61 Å². The average molecular weight is 531 g/mol. The molecule has 3 aliphatic rings. The van der Waals surface area contributed by atoms with Crippen LogP contribution in [0.5, 0.6) is 0 Å². The first-order valence-corrected chi connectivity index (χ1v) is 12.8. The number of hydrogen-bond donors (Lipinski definition) is 6. The van der Waals surface area contributed by atoms with Gasteiger partial charge in [0.05, 0.1) is 18.8 Å². The van der Waals surface area contributed by atoms with E-state index in [9.17, 15) is 44.1 Å². The molecule has 2 saturated heterocycles. The summed E-state index contributed by atoms with van der Waals surface area (Å²) in [5.41, 5.74) is 0. The maximum absolute atomic E-state index is 12.1. The summed E-state index contributed by atoms with van der Waals surface area (Å²) in [5, 5.41) is 42.2. The number of hydrogen-bond acceptors (Lipinski definition) is 14. The summed E-state index contributed by atoms with van der Waals surface area (Å²) in [5.74, 6) is -0.454. The van der Waals surface area contributed by atoms with E-state index in [0.29, 0.717) is 0 Å². The molecule has 10 atom stereocenters. The van der Waals surface area contributed by atoms with Gasteiger partial charge in [-0.2, -0.15) is 0 Å². The Labute approximate surface area is 193 Å². The average Bonchev–Trinajstić information content (AvgIpc) is 2.97. The van der Waals surface area contributed by atoms with Gasteiger partial charge in [0.15, 0.2) is 12.5 Å². The summed E-state index contributed by atoms with van der Waals surface area (Å²) in [6.07, 6.45) is -9.31. The summed E-state index contributed by atoms with van der Waals surface area (Å²) in [4.78, 5) is 34.3. The van der Waals surface area contributed by atoms with Crippen LogP contribution in [-0.2, 0) is 36.8 Å². The number of carbonyl (C=O) groups excluding carboxylic acids is 1. The zero-order valence-electron chi connectivity index (χ0n) is 17.6. The molecule has 0 aromatic heterocycles. The van der Waals surface area contributed by atoms with Crippen LogP contribution in [0.3, 0.4) is 0 Å². The van der Waals surface area contributed by atoms with E-state index in [1.807, 2.05) is 0 Å². The SMILES string of the molecule is C=C1NC(=O)C=CN1C1OC(COP(=O)(O)OP(=O)([O-])OC2OC(C)CC(O)C2O)C(O)C1O. The number of amides is 1. The van der Waals surface area contributed by atoms with Crippen LogP contribution in [0.15, 0.2) is 24.7 Å². The minimum Gasteiger partial charge on any atom is -0.756 e. The van der Waals surface area contributed by atoms with Crippen LogP contribution in [0.1, 0.15) is 13.3 Å². The number of phosphoric ester groups is 2. The van der Waals surface area contributed by atoms with Gasteiger partial charge in [0.1, 0.15) is 30.2 Å². The maximum atomic E-state index is 12.1. The number of phosphoric acid groups is 2. The highest BCUT2D eigenvalue weighted by molar-refractivity contribution is 7.60. The Morgan fingerprint density at radius 1 is 1.24 bits per heavy atom. The molecule has 3 aliphatic heterocycles. The van der Waals surface area contributed by atoms with Gasteiger partial charge in [0, 0.05) is 18.7 Å². The minimum atomic E-state index is -5.62. The second-order valence-corrected chi connectivity index (χ2v) is 10.7. The van der Waals surface area contributed by atoms with E-state index in [1.54, 1.807) is 0 Å². The van der Waals surface area contributed by atoms with E-state index in [-0.39, 0.29) is 12.2 Å². The van der Waals surface area contributed by atoms with E-state index in [0.717, 1.165) is 6.08 Å². The summed E-state index contributed by atoms with van der Waals surface area (Å²) in [7, 11) is -11.0. The Kier molecular flexibility index (Phi) is 8.37. The lowest BCUT2D eigenvalue weighted by Gasteiger charge is -2.38. The molecule has 16 nitrogen and oxygen atoms in total. The topological polar surface area (TPSA) is 237 Å². The van der Waals surface area contributed by atoms with Crippen molar-refractivity contribution < 1.29 is 67.0 Å². The summed E-state index contributed by atoms with van der Waals surface area (Å²) >= 11 is 0.